The Bertz CT molecular complexity index is 1400. The summed E-state index contributed by atoms with van der Waals surface area (Å²) in [7, 11) is 1.26. The summed E-state index contributed by atoms with van der Waals surface area (Å²) in [6.45, 7) is 1.54. The van der Waals surface area contributed by atoms with E-state index in [1.54, 1.807) is 45.6 Å². The molecule has 9 nitrogen and oxygen atoms in total. The highest BCUT2D eigenvalue weighted by Crippen LogP contribution is 2.44. The Morgan fingerprint density at radius 2 is 1.86 bits per heavy atom. The van der Waals surface area contributed by atoms with Crippen LogP contribution in [0.5, 0.6) is 5.88 Å². The summed E-state index contributed by atoms with van der Waals surface area (Å²) in [4.78, 5) is 31.8. The van der Waals surface area contributed by atoms with Crippen LogP contribution in [0.4, 0.5) is 0 Å². The van der Waals surface area contributed by atoms with E-state index in [9.17, 15) is 18.0 Å². The van der Waals surface area contributed by atoms with Crippen molar-refractivity contribution in [3.63, 3.8) is 0 Å². The smallest absolute Gasteiger partial charge is 0.264 e. The number of amides is 2. The summed E-state index contributed by atoms with van der Waals surface area (Å²) in [5, 5.41) is 0.958. The van der Waals surface area contributed by atoms with Crippen LogP contribution in [0.2, 0.25) is 0 Å². The largest absolute Gasteiger partial charge is 0.481 e. The minimum absolute atomic E-state index is 0.0654. The number of sulfonamides is 1. The third-order valence-corrected chi connectivity index (χ3v) is 8.28. The summed E-state index contributed by atoms with van der Waals surface area (Å²) in [6, 6.07) is 8.95. The first-order chi connectivity index (χ1) is 17.6. The first kappa shape index (κ1) is 26.7. The zero-order valence-electron chi connectivity index (χ0n) is 21.8. The van der Waals surface area contributed by atoms with Gasteiger partial charge in [0.2, 0.25) is 21.8 Å². The van der Waals surface area contributed by atoms with E-state index in [0.29, 0.717) is 17.3 Å². The van der Waals surface area contributed by atoms with Gasteiger partial charge < -0.3 is 14.2 Å². The lowest BCUT2D eigenvalue weighted by atomic mass is 9.82. The molecular weight excluding hydrogens is 492 g/mol. The lowest BCUT2D eigenvalue weighted by Crippen LogP contribution is -2.31. The number of nitrogens with zero attached hydrogens (tertiary/aromatic N) is 3. The van der Waals surface area contributed by atoms with Gasteiger partial charge in [0, 0.05) is 42.9 Å². The van der Waals surface area contributed by atoms with Crippen LogP contribution in [0.3, 0.4) is 0 Å². The number of hydrogen-bond donors (Lipinski definition) is 1. The van der Waals surface area contributed by atoms with Gasteiger partial charge in [-0.05, 0) is 49.4 Å². The number of fused-ring (bicyclic) bond motifs is 1. The van der Waals surface area contributed by atoms with E-state index in [2.05, 4.69) is 9.71 Å². The van der Waals surface area contributed by atoms with E-state index in [0.717, 1.165) is 47.9 Å². The number of methoxy groups -OCH3 is 1. The molecule has 1 N–H and O–H groups in total. The van der Waals surface area contributed by atoms with Gasteiger partial charge in [0.25, 0.3) is 5.91 Å². The van der Waals surface area contributed by atoms with Crippen molar-refractivity contribution in [3.05, 3.63) is 47.7 Å². The lowest BCUT2D eigenvalue weighted by Gasteiger charge is -2.24. The Balaban J connectivity index is 1.97. The Kier molecular flexibility index (Phi) is 7.87. The summed E-state index contributed by atoms with van der Waals surface area (Å²) in [5.41, 5.74) is 3.81. The molecule has 0 saturated heterocycles. The Morgan fingerprint density at radius 1 is 1.14 bits per heavy atom. The molecular formula is C27H34N4O5S. The van der Waals surface area contributed by atoms with Gasteiger partial charge >= 0.3 is 0 Å². The molecule has 10 heteroatoms. The van der Waals surface area contributed by atoms with Gasteiger partial charge in [-0.25, -0.2) is 18.1 Å². The van der Waals surface area contributed by atoms with Crippen molar-refractivity contribution in [2.24, 2.45) is 0 Å². The molecule has 0 spiro atoms. The SMILES string of the molecule is CCS(=O)(=O)NC(=O)c1ccc2c(C3CCCCC3)c(-c3ccc(OC)nc3)n(CC(=O)N(C)C)c2c1. The maximum atomic E-state index is 13.0. The Morgan fingerprint density at radius 3 is 2.46 bits per heavy atom. The number of ether oxygens (including phenoxy) is 1. The Labute approximate surface area is 217 Å². The molecule has 1 fully saturated rings. The number of pyridine rings is 1. The highest BCUT2D eigenvalue weighted by Gasteiger charge is 2.28. The molecule has 0 bridgehead atoms. The zero-order valence-corrected chi connectivity index (χ0v) is 22.6. The Hall–Kier alpha value is -3.40. The molecule has 4 rings (SSSR count). The van der Waals surface area contributed by atoms with Crippen molar-refractivity contribution >= 4 is 32.7 Å². The minimum Gasteiger partial charge on any atom is -0.481 e. The molecule has 1 aliphatic carbocycles. The van der Waals surface area contributed by atoms with Crippen LogP contribution in [0.15, 0.2) is 36.5 Å². The van der Waals surface area contributed by atoms with E-state index in [1.807, 2.05) is 16.7 Å². The third-order valence-electron chi connectivity index (χ3n) is 7.02. The summed E-state index contributed by atoms with van der Waals surface area (Å²) in [6.07, 6.45) is 7.28. The lowest BCUT2D eigenvalue weighted by molar-refractivity contribution is -0.129. The van der Waals surface area contributed by atoms with Gasteiger partial charge in [-0.15, -0.1) is 0 Å². The molecule has 0 radical (unpaired) electrons. The van der Waals surface area contributed by atoms with Crippen molar-refractivity contribution in [2.75, 3.05) is 27.0 Å². The van der Waals surface area contributed by atoms with Crippen LogP contribution in [0.25, 0.3) is 22.2 Å². The molecule has 1 saturated carbocycles. The molecule has 3 aromatic rings. The molecule has 2 amide bonds. The summed E-state index contributed by atoms with van der Waals surface area (Å²) in [5.74, 6) is -0.203. The van der Waals surface area contributed by atoms with Crippen LogP contribution >= 0.6 is 0 Å². The van der Waals surface area contributed by atoms with E-state index in [-0.39, 0.29) is 23.8 Å². The number of benzene rings is 1. The quantitative estimate of drug-likeness (QED) is 0.476. The van der Waals surface area contributed by atoms with E-state index >= 15 is 0 Å². The second-order valence-corrected chi connectivity index (χ2v) is 11.6. The molecule has 2 heterocycles. The van der Waals surface area contributed by atoms with Gasteiger partial charge in [-0.3, -0.25) is 9.59 Å². The number of hydrogen-bond acceptors (Lipinski definition) is 6. The van der Waals surface area contributed by atoms with Crippen LogP contribution in [-0.4, -0.2) is 61.6 Å². The average molecular weight is 527 g/mol. The van der Waals surface area contributed by atoms with Crippen LogP contribution < -0.4 is 9.46 Å². The summed E-state index contributed by atoms with van der Waals surface area (Å²) >= 11 is 0. The molecule has 37 heavy (non-hydrogen) atoms. The van der Waals surface area contributed by atoms with E-state index < -0.39 is 15.9 Å². The number of carbonyl (C=O) groups excluding carboxylic acids is 2. The molecule has 1 aromatic carbocycles. The first-order valence-electron chi connectivity index (χ1n) is 12.6. The van der Waals surface area contributed by atoms with Gasteiger partial charge in [0.1, 0.15) is 6.54 Å². The molecule has 2 aromatic heterocycles. The highest BCUT2D eigenvalue weighted by molar-refractivity contribution is 7.90. The number of rotatable bonds is 8. The normalized spacial score (nSPS) is 14.5. The van der Waals surface area contributed by atoms with Gasteiger partial charge in [0.15, 0.2) is 0 Å². The monoisotopic (exact) mass is 526 g/mol. The van der Waals surface area contributed by atoms with Gasteiger partial charge in [-0.1, -0.05) is 25.3 Å². The number of aromatic nitrogens is 2. The van der Waals surface area contributed by atoms with Crippen molar-refractivity contribution in [2.45, 2.75) is 51.5 Å². The predicted octanol–water partition coefficient (Wildman–Crippen LogP) is 3.93. The van der Waals surface area contributed by atoms with Crippen LogP contribution in [0.1, 0.15) is 60.9 Å². The number of nitrogens with one attached hydrogen (secondary N) is 1. The fourth-order valence-corrected chi connectivity index (χ4v) is 5.53. The number of carbonyl (C=O) groups is 2. The third kappa shape index (κ3) is 5.64. The highest BCUT2D eigenvalue weighted by atomic mass is 32.2. The number of likely N-dealkylation sites (N-methyl/N-ethyl adjacent to an activating group) is 1. The standard InChI is InChI=1S/C27H34N4O5S/c1-5-37(34,35)29-27(33)19-11-13-21-22(15-19)31(17-24(32)30(2)3)26(20-12-14-23(36-4)28-16-20)25(21)18-9-7-6-8-10-18/h11-16,18H,5-10,17H2,1-4H3,(H,29,33). The first-order valence-corrected chi connectivity index (χ1v) is 14.2. The van der Waals surface area contributed by atoms with Gasteiger partial charge in [0.05, 0.1) is 24.1 Å². The van der Waals surface area contributed by atoms with Crippen molar-refractivity contribution < 1.29 is 22.7 Å². The maximum absolute atomic E-state index is 13.0. The molecule has 198 valence electrons. The van der Waals surface area contributed by atoms with E-state index in [1.165, 1.54) is 18.2 Å². The second-order valence-electron chi connectivity index (χ2n) is 9.63. The molecule has 0 atom stereocenters. The average Bonchev–Trinajstić information content (AvgIpc) is 3.22. The fraction of sp³-hybridized carbons (Fsp3) is 0.444. The van der Waals surface area contributed by atoms with Crippen molar-refractivity contribution in [3.8, 4) is 17.1 Å². The van der Waals surface area contributed by atoms with Gasteiger partial charge in [-0.2, -0.15) is 0 Å². The van der Waals surface area contributed by atoms with Crippen LogP contribution in [0, 0.1) is 0 Å². The predicted molar refractivity (Wildman–Crippen MR) is 143 cm³/mol. The van der Waals surface area contributed by atoms with Crippen molar-refractivity contribution in [1.82, 2.24) is 19.2 Å². The van der Waals surface area contributed by atoms with Crippen molar-refractivity contribution in [1.29, 1.82) is 0 Å². The maximum Gasteiger partial charge on any atom is 0.264 e. The zero-order chi connectivity index (χ0) is 26.7. The molecule has 0 unspecified atom stereocenters. The topological polar surface area (TPSA) is 111 Å². The molecule has 0 aliphatic heterocycles. The fourth-order valence-electron chi connectivity index (χ4n) is 4.99. The summed E-state index contributed by atoms with van der Waals surface area (Å²) < 4.78 is 33.4. The minimum atomic E-state index is -3.72. The molecule has 1 aliphatic rings. The second kappa shape index (κ2) is 10.9. The van der Waals surface area contributed by atoms with Crippen LogP contribution in [-0.2, 0) is 21.4 Å². The van der Waals surface area contributed by atoms with E-state index in [4.69, 9.17) is 4.74 Å².